The third-order valence-corrected chi connectivity index (χ3v) is 2.80. The smallest absolute Gasteiger partial charge is 0.385 e. The summed E-state index contributed by atoms with van der Waals surface area (Å²) in [5.74, 6) is -0.836. The molecule has 7 heteroatoms. The second-order valence-corrected chi connectivity index (χ2v) is 4.67. The lowest BCUT2D eigenvalue weighted by Crippen LogP contribution is -2.23. The van der Waals surface area contributed by atoms with E-state index in [9.17, 15) is 18.0 Å². The molecule has 0 heterocycles. The summed E-state index contributed by atoms with van der Waals surface area (Å²) in [6.07, 6.45) is -4.61. The number of hydrogen-bond donors (Lipinski definition) is 3. The molecule has 4 N–H and O–H groups in total. The molecule has 1 aromatic rings. The number of alkyl halides is 3. The highest BCUT2D eigenvalue weighted by atomic mass is 19.4. The van der Waals surface area contributed by atoms with E-state index in [1.54, 1.807) is 7.05 Å². The highest BCUT2D eigenvalue weighted by Crippen LogP contribution is 2.33. The van der Waals surface area contributed by atoms with Gasteiger partial charge in [-0.15, -0.1) is 0 Å². The zero-order valence-corrected chi connectivity index (χ0v) is 11.3. The molecule has 0 bridgehead atoms. The standard InChI is InChI=1S/C13H18F3N3O/c1-8(6-18-2)7-19-9-3-4-10(12(17)20)11(5-9)13(14,15)16/h3-5,8,18-19H,6-7H2,1-2H3,(H2,17,20). The normalized spacial score (nSPS) is 13.1. The van der Waals surface area contributed by atoms with Crippen molar-refractivity contribution in [1.82, 2.24) is 5.32 Å². The van der Waals surface area contributed by atoms with Gasteiger partial charge in [-0.05, 0) is 37.7 Å². The van der Waals surface area contributed by atoms with Crippen molar-refractivity contribution in [2.75, 3.05) is 25.5 Å². The number of amides is 1. The minimum absolute atomic E-state index is 0.255. The fourth-order valence-corrected chi connectivity index (χ4v) is 1.82. The molecule has 1 amide bonds. The summed E-state index contributed by atoms with van der Waals surface area (Å²) in [4.78, 5) is 11.0. The minimum Gasteiger partial charge on any atom is -0.385 e. The molecule has 0 saturated heterocycles. The van der Waals surface area contributed by atoms with E-state index < -0.39 is 23.2 Å². The summed E-state index contributed by atoms with van der Waals surface area (Å²) in [5, 5.41) is 5.90. The molecule has 0 spiro atoms. The van der Waals surface area contributed by atoms with Gasteiger partial charge in [-0.3, -0.25) is 4.79 Å². The summed E-state index contributed by atoms with van der Waals surface area (Å²) in [6, 6.07) is 3.42. The third kappa shape index (κ3) is 4.41. The zero-order valence-electron chi connectivity index (χ0n) is 11.3. The zero-order chi connectivity index (χ0) is 15.3. The quantitative estimate of drug-likeness (QED) is 0.751. The Morgan fingerprint density at radius 3 is 2.50 bits per heavy atom. The molecule has 0 aliphatic rings. The van der Waals surface area contributed by atoms with Crippen LogP contribution in [0.3, 0.4) is 0 Å². The van der Waals surface area contributed by atoms with Crippen LogP contribution in [0.1, 0.15) is 22.8 Å². The van der Waals surface area contributed by atoms with E-state index in [1.807, 2.05) is 6.92 Å². The number of carbonyl (C=O) groups excluding carboxylic acids is 1. The van der Waals surface area contributed by atoms with Crippen molar-refractivity contribution in [3.05, 3.63) is 29.3 Å². The molecule has 0 aliphatic carbocycles. The van der Waals surface area contributed by atoms with E-state index in [2.05, 4.69) is 10.6 Å². The summed E-state index contributed by atoms with van der Waals surface area (Å²) in [7, 11) is 1.81. The molecule has 1 rings (SSSR count). The van der Waals surface area contributed by atoms with E-state index in [0.29, 0.717) is 12.2 Å². The van der Waals surface area contributed by atoms with Crippen LogP contribution in [0.5, 0.6) is 0 Å². The fourth-order valence-electron chi connectivity index (χ4n) is 1.82. The molecular weight excluding hydrogens is 271 g/mol. The number of rotatable bonds is 6. The van der Waals surface area contributed by atoms with E-state index >= 15 is 0 Å². The van der Waals surface area contributed by atoms with Gasteiger partial charge < -0.3 is 16.4 Å². The van der Waals surface area contributed by atoms with E-state index in [-0.39, 0.29) is 5.92 Å². The number of nitrogens with two attached hydrogens (primary N) is 1. The summed E-state index contributed by atoms with van der Waals surface area (Å²) in [5.41, 5.74) is 3.73. The number of nitrogens with one attached hydrogen (secondary N) is 2. The maximum absolute atomic E-state index is 12.9. The van der Waals surface area contributed by atoms with Crippen LogP contribution in [0.2, 0.25) is 0 Å². The predicted molar refractivity (Wildman–Crippen MR) is 71.5 cm³/mol. The Morgan fingerprint density at radius 2 is 2.00 bits per heavy atom. The van der Waals surface area contributed by atoms with Gasteiger partial charge in [-0.1, -0.05) is 6.92 Å². The molecule has 0 radical (unpaired) electrons. The van der Waals surface area contributed by atoms with Gasteiger partial charge in [-0.2, -0.15) is 13.2 Å². The Bertz CT molecular complexity index is 474. The third-order valence-electron chi connectivity index (χ3n) is 2.80. The van der Waals surface area contributed by atoms with Gasteiger partial charge in [0.05, 0.1) is 11.1 Å². The summed E-state index contributed by atoms with van der Waals surface area (Å²) in [6.45, 7) is 3.23. The van der Waals surface area contributed by atoms with Crippen LogP contribution in [0.15, 0.2) is 18.2 Å². The Kier molecular flexibility index (Phi) is 5.38. The average molecular weight is 289 g/mol. The number of hydrogen-bond acceptors (Lipinski definition) is 3. The first-order valence-corrected chi connectivity index (χ1v) is 6.15. The summed E-state index contributed by atoms with van der Waals surface area (Å²) < 4.78 is 38.6. The Labute approximate surface area is 115 Å². The largest absolute Gasteiger partial charge is 0.417 e. The highest BCUT2D eigenvalue weighted by molar-refractivity contribution is 5.95. The topological polar surface area (TPSA) is 67.2 Å². The van der Waals surface area contributed by atoms with Crippen LogP contribution in [-0.2, 0) is 6.18 Å². The minimum atomic E-state index is -4.61. The SMILES string of the molecule is CNCC(C)CNc1ccc(C(N)=O)c(C(F)(F)F)c1. The Balaban J connectivity index is 2.93. The Hall–Kier alpha value is -1.76. The Morgan fingerprint density at radius 1 is 1.35 bits per heavy atom. The van der Waals surface area contributed by atoms with Crippen LogP contribution in [0, 0.1) is 5.92 Å². The maximum atomic E-state index is 12.9. The first-order valence-electron chi connectivity index (χ1n) is 6.15. The first-order chi connectivity index (χ1) is 9.25. The number of halogens is 3. The van der Waals surface area contributed by atoms with Crippen LogP contribution >= 0.6 is 0 Å². The van der Waals surface area contributed by atoms with E-state index in [0.717, 1.165) is 18.7 Å². The molecular formula is C13H18F3N3O. The average Bonchev–Trinajstić information content (AvgIpc) is 2.35. The van der Waals surface area contributed by atoms with Gasteiger partial charge in [-0.25, -0.2) is 0 Å². The van der Waals surface area contributed by atoms with Gasteiger partial charge in [0.1, 0.15) is 0 Å². The number of benzene rings is 1. The predicted octanol–water partition coefficient (Wildman–Crippen LogP) is 2.07. The van der Waals surface area contributed by atoms with E-state index in [4.69, 9.17) is 5.73 Å². The summed E-state index contributed by atoms with van der Waals surface area (Å²) >= 11 is 0. The van der Waals surface area contributed by atoms with Crippen LogP contribution < -0.4 is 16.4 Å². The maximum Gasteiger partial charge on any atom is 0.417 e. The molecule has 0 fully saturated rings. The van der Waals surface area contributed by atoms with Gasteiger partial charge in [0.15, 0.2) is 0 Å². The van der Waals surface area contributed by atoms with Crippen LogP contribution in [-0.4, -0.2) is 26.0 Å². The van der Waals surface area contributed by atoms with Crippen molar-refractivity contribution in [2.24, 2.45) is 11.7 Å². The van der Waals surface area contributed by atoms with Gasteiger partial charge in [0, 0.05) is 12.2 Å². The molecule has 1 unspecified atom stereocenters. The molecule has 0 aromatic heterocycles. The number of carbonyl (C=O) groups is 1. The first kappa shape index (κ1) is 16.3. The molecule has 112 valence electrons. The highest BCUT2D eigenvalue weighted by Gasteiger charge is 2.35. The van der Waals surface area contributed by atoms with Gasteiger partial charge in [0.25, 0.3) is 0 Å². The van der Waals surface area contributed by atoms with Crippen LogP contribution in [0.4, 0.5) is 18.9 Å². The van der Waals surface area contributed by atoms with E-state index in [1.165, 1.54) is 6.07 Å². The molecule has 0 aliphatic heterocycles. The van der Waals surface area contributed by atoms with Crippen molar-refractivity contribution in [3.63, 3.8) is 0 Å². The fraction of sp³-hybridized carbons (Fsp3) is 0.462. The number of primary amides is 1. The monoisotopic (exact) mass is 289 g/mol. The van der Waals surface area contributed by atoms with Crippen molar-refractivity contribution < 1.29 is 18.0 Å². The lowest BCUT2D eigenvalue weighted by molar-refractivity contribution is -0.137. The molecule has 20 heavy (non-hydrogen) atoms. The van der Waals surface area contributed by atoms with Gasteiger partial charge in [0.2, 0.25) is 5.91 Å². The van der Waals surface area contributed by atoms with Gasteiger partial charge >= 0.3 is 6.18 Å². The number of anilines is 1. The molecule has 0 saturated carbocycles. The van der Waals surface area contributed by atoms with Crippen molar-refractivity contribution in [2.45, 2.75) is 13.1 Å². The lowest BCUT2D eigenvalue weighted by atomic mass is 10.1. The molecule has 4 nitrogen and oxygen atoms in total. The van der Waals surface area contributed by atoms with Crippen molar-refractivity contribution in [3.8, 4) is 0 Å². The van der Waals surface area contributed by atoms with Crippen molar-refractivity contribution in [1.29, 1.82) is 0 Å². The second-order valence-electron chi connectivity index (χ2n) is 4.67. The lowest BCUT2D eigenvalue weighted by Gasteiger charge is -2.16. The molecule has 1 atom stereocenters. The molecule has 1 aromatic carbocycles. The van der Waals surface area contributed by atoms with Crippen molar-refractivity contribution >= 4 is 11.6 Å². The van der Waals surface area contributed by atoms with Crippen LogP contribution in [0.25, 0.3) is 0 Å². The second kappa shape index (κ2) is 6.60.